The Hall–Kier alpha value is -1.68. The second-order valence-corrected chi connectivity index (χ2v) is 3.21. The van der Waals surface area contributed by atoms with Gasteiger partial charge in [0.15, 0.2) is 0 Å². The molecule has 0 unspecified atom stereocenters. The Morgan fingerprint density at radius 3 is 2.57 bits per heavy atom. The molecule has 0 radical (unpaired) electrons. The van der Waals surface area contributed by atoms with Gasteiger partial charge in [-0.05, 0) is 19.1 Å². The third kappa shape index (κ3) is 1.65. The molecule has 0 spiro atoms. The molecule has 0 aliphatic rings. The van der Waals surface area contributed by atoms with Crippen molar-refractivity contribution in [3.05, 3.63) is 42.2 Å². The molecule has 4 nitrogen and oxygen atoms in total. The Kier molecular flexibility index (Phi) is 2.28. The highest BCUT2D eigenvalue weighted by atomic mass is 15.4. The fourth-order valence-electron chi connectivity index (χ4n) is 1.19. The van der Waals surface area contributed by atoms with Crippen molar-refractivity contribution in [3.63, 3.8) is 0 Å². The molecule has 1 aromatic carbocycles. The summed E-state index contributed by atoms with van der Waals surface area (Å²) in [6, 6.07) is 9.75. The maximum atomic E-state index is 5.69. The van der Waals surface area contributed by atoms with Gasteiger partial charge in [-0.15, -0.1) is 5.10 Å². The van der Waals surface area contributed by atoms with Crippen LogP contribution >= 0.6 is 0 Å². The predicted octanol–water partition coefficient (Wildman–Crippen LogP) is 1.29. The SMILES string of the molecule is C[C@H](N)c1cn(-c2ccccc2)nn1. The quantitative estimate of drug-likeness (QED) is 0.772. The topological polar surface area (TPSA) is 56.7 Å². The van der Waals surface area contributed by atoms with E-state index in [1.165, 1.54) is 0 Å². The highest BCUT2D eigenvalue weighted by molar-refractivity contribution is 5.30. The van der Waals surface area contributed by atoms with Crippen LogP contribution in [0.15, 0.2) is 36.5 Å². The smallest absolute Gasteiger partial charge is 0.0995 e. The zero-order chi connectivity index (χ0) is 9.97. The lowest BCUT2D eigenvalue weighted by Gasteiger charge is -1.98. The summed E-state index contributed by atoms with van der Waals surface area (Å²) in [6.07, 6.45) is 1.85. The van der Waals surface area contributed by atoms with Crippen molar-refractivity contribution in [2.24, 2.45) is 5.73 Å². The first-order chi connectivity index (χ1) is 6.77. The highest BCUT2D eigenvalue weighted by Crippen LogP contribution is 2.09. The monoisotopic (exact) mass is 188 g/mol. The van der Waals surface area contributed by atoms with Crippen molar-refractivity contribution in [3.8, 4) is 5.69 Å². The first-order valence-electron chi connectivity index (χ1n) is 4.50. The van der Waals surface area contributed by atoms with Gasteiger partial charge in [0, 0.05) is 6.04 Å². The Balaban J connectivity index is 2.34. The standard InChI is InChI=1S/C10H12N4/c1-8(11)10-7-14(13-12-10)9-5-3-2-4-6-9/h2-8H,11H2,1H3/t8-/m0/s1. The summed E-state index contributed by atoms with van der Waals surface area (Å²) >= 11 is 0. The van der Waals surface area contributed by atoms with Gasteiger partial charge >= 0.3 is 0 Å². The van der Waals surface area contributed by atoms with Crippen LogP contribution in [0.3, 0.4) is 0 Å². The van der Waals surface area contributed by atoms with E-state index in [1.54, 1.807) is 4.68 Å². The molecule has 72 valence electrons. The van der Waals surface area contributed by atoms with Crippen molar-refractivity contribution in [2.45, 2.75) is 13.0 Å². The van der Waals surface area contributed by atoms with Crippen molar-refractivity contribution in [2.75, 3.05) is 0 Å². The Morgan fingerprint density at radius 1 is 1.29 bits per heavy atom. The van der Waals surface area contributed by atoms with E-state index in [2.05, 4.69) is 10.3 Å². The summed E-state index contributed by atoms with van der Waals surface area (Å²) < 4.78 is 1.72. The van der Waals surface area contributed by atoms with Gasteiger partial charge in [0.1, 0.15) is 0 Å². The Morgan fingerprint density at radius 2 is 2.00 bits per heavy atom. The summed E-state index contributed by atoms with van der Waals surface area (Å²) in [4.78, 5) is 0. The number of benzene rings is 1. The molecule has 1 aromatic heterocycles. The van der Waals surface area contributed by atoms with Crippen molar-refractivity contribution >= 4 is 0 Å². The van der Waals surface area contributed by atoms with E-state index < -0.39 is 0 Å². The van der Waals surface area contributed by atoms with E-state index in [0.29, 0.717) is 0 Å². The van der Waals surface area contributed by atoms with E-state index in [1.807, 2.05) is 43.5 Å². The van der Waals surface area contributed by atoms with E-state index in [0.717, 1.165) is 11.4 Å². The molecule has 0 aliphatic carbocycles. The molecule has 1 atom stereocenters. The highest BCUT2D eigenvalue weighted by Gasteiger charge is 2.05. The van der Waals surface area contributed by atoms with Crippen LogP contribution in [0.1, 0.15) is 18.7 Å². The van der Waals surface area contributed by atoms with Crippen LogP contribution in [0.5, 0.6) is 0 Å². The summed E-state index contributed by atoms with van der Waals surface area (Å²) in [5.41, 5.74) is 7.48. The Bertz CT molecular complexity index is 405. The second kappa shape index (κ2) is 3.59. The first kappa shape index (κ1) is 8.90. The lowest BCUT2D eigenvalue weighted by molar-refractivity contribution is 0.756. The van der Waals surface area contributed by atoms with Crippen molar-refractivity contribution in [1.29, 1.82) is 0 Å². The molecule has 0 amide bonds. The zero-order valence-electron chi connectivity index (χ0n) is 7.96. The number of hydrogen-bond donors (Lipinski definition) is 1. The summed E-state index contributed by atoms with van der Waals surface area (Å²) in [6.45, 7) is 1.89. The van der Waals surface area contributed by atoms with Crippen molar-refractivity contribution in [1.82, 2.24) is 15.0 Å². The van der Waals surface area contributed by atoms with E-state index >= 15 is 0 Å². The van der Waals surface area contributed by atoms with Crippen LogP contribution in [0, 0.1) is 0 Å². The second-order valence-electron chi connectivity index (χ2n) is 3.21. The average molecular weight is 188 g/mol. The van der Waals surface area contributed by atoms with Crippen LogP contribution in [0.4, 0.5) is 0 Å². The Labute approximate surface area is 82.4 Å². The summed E-state index contributed by atoms with van der Waals surface area (Å²) in [5, 5.41) is 7.97. The van der Waals surface area contributed by atoms with Gasteiger partial charge in [-0.3, -0.25) is 0 Å². The molecule has 14 heavy (non-hydrogen) atoms. The minimum absolute atomic E-state index is 0.0764. The van der Waals surface area contributed by atoms with Crippen LogP contribution in [-0.4, -0.2) is 15.0 Å². The molecule has 4 heteroatoms. The van der Waals surface area contributed by atoms with Crippen LogP contribution in [-0.2, 0) is 0 Å². The number of rotatable bonds is 2. The molecule has 0 bridgehead atoms. The third-order valence-corrected chi connectivity index (χ3v) is 2.00. The number of aromatic nitrogens is 3. The maximum absolute atomic E-state index is 5.69. The van der Waals surface area contributed by atoms with Gasteiger partial charge in [-0.2, -0.15) is 0 Å². The van der Waals surface area contributed by atoms with Gasteiger partial charge in [0.05, 0.1) is 17.6 Å². The minimum atomic E-state index is -0.0764. The average Bonchev–Trinajstić information content (AvgIpc) is 2.68. The molecule has 0 fully saturated rings. The third-order valence-electron chi connectivity index (χ3n) is 2.00. The van der Waals surface area contributed by atoms with Gasteiger partial charge < -0.3 is 5.73 Å². The van der Waals surface area contributed by atoms with Crippen LogP contribution in [0.2, 0.25) is 0 Å². The normalized spacial score (nSPS) is 12.7. The molecule has 2 aromatic rings. The zero-order valence-corrected chi connectivity index (χ0v) is 7.96. The molecule has 2 rings (SSSR count). The molecular weight excluding hydrogens is 176 g/mol. The van der Waals surface area contributed by atoms with Gasteiger partial charge in [-0.1, -0.05) is 23.4 Å². The predicted molar refractivity (Wildman–Crippen MR) is 54.0 cm³/mol. The van der Waals surface area contributed by atoms with Gasteiger partial charge in [0.2, 0.25) is 0 Å². The number of nitrogens with zero attached hydrogens (tertiary/aromatic N) is 3. The van der Waals surface area contributed by atoms with Crippen molar-refractivity contribution < 1.29 is 0 Å². The first-order valence-corrected chi connectivity index (χ1v) is 4.50. The van der Waals surface area contributed by atoms with E-state index in [4.69, 9.17) is 5.73 Å². The number of hydrogen-bond acceptors (Lipinski definition) is 3. The minimum Gasteiger partial charge on any atom is -0.323 e. The molecule has 0 aliphatic heterocycles. The van der Waals surface area contributed by atoms with Gasteiger partial charge in [-0.25, -0.2) is 4.68 Å². The molecule has 2 N–H and O–H groups in total. The summed E-state index contributed by atoms with van der Waals surface area (Å²) in [7, 11) is 0. The number of nitrogens with two attached hydrogens (primary N) is 1. The van der Waals surface area contributed by atoms with Crippen LogP contribution in [0.25, 0.3) is 5.69 Å². The van der Waals surface area contributed by atoms with E-state index in [-0.39, 0.29) is 6.04 Å². The summed E-state index contributed by atoms with van der Waals surface area (Å²) in [5.74, 6) is 0. The van der Waals surface area contributed by atoms with Gasteiger partial charge in [0.25, 0.3) is 0 Å². The fraction of sp³-hybridized carbons (Fsp3) is 0.200. The molecule has 1 heterocycles. The molecule has 0 saturated carbocycles. The maximum Gasteiger partial charge on any atom is 0.0995 e. The van der Waals surface area contributed by atoms with Crippen LogP contribution < -0.4 is 5.73 Å². The fourth-order valence-corrected chi connectivity index (χ4v) is 1.19. The number of para-hydroxylation sites is 1. The largest absolute Gasteiger partial charge is 0.323 e. The van der Waals surface area contributed by atoms with E-state index in [9.17, 15) is 0 Å². The molecular formula is C10H12N4. The lowest BCUT2D eigenvalue weighted by atomic mass is 10.3. The lowest BCUT2D eigenvalue weighted by Crippen LogP contribution is -2.04. The molecule has 0 saturated heterocycles.